The summed E-state index contributed by atoms with van der Waals surface area (Å²) >= 11 is 0. The second-order valence-corrected chi connectivity index (χ2v) is 4.04. The van der Waals surface area contributed by atoms with Crippen LogP contribution in [-0.2, 0) is 0 Å². The molecule has 1 aromatic carbocycles. The zero-order chi connectivity index (χ0) is 12.1. The molecule has 1 heterocycles. The highest BCUT2D eigenvalue weighted by Gasteiger charge is 2.09. The summed E-state index contributed by atoms with van der Waals surface area (Å²) in [5.41, 5.74) is 3.18. The van der Waals surface area contributed by atoms with Crippen LogP contribution in [0, 0.1) is 6.92 Å². The van der Waals surface area contributed by atoms with Crippen LogP contribution in [0.15, 0.2) is 48.8 Å². The van der Waals surface area contributed by atoms with Crippen LogP contribution in [0.2, 0.25) is 0 Å². The lowest BCUT2D eigenvalue weighted by molar-refractivity contribution is 0.276. The molecule has 2 rings (SSSR count). The smallest absolute Gasteiger partial charge is 0.0759 e. The first-order valence-corrected chi connectivity index (χ1v) is 5.63. The number of nitrogens with one attached hydrogen (secondary N) is 1. The summed E-state index contributed by atoms with van der Waals surface area (Å²) in [4.78, 5) is 4.06. The summed E-state index contributed by atoms with van der Waals surface area (Å²) in [7, 11) is 0. The number of anilines is 1. The van der Waals surface area contributed by atoms with E-state index in [0.29, 0.717) is 0 Å². The van der Waals surface area contributed by atoms with Gasteiger partial charge in [-0.25, -0.2) is 0 Å². The van der Waals surface area contributed by atoms with Crippen molar-refractivity contribution in [2.75, 3.05) is 11.9 Å². The lowest BCUT2D eigenvalue weighted by atomic mass is 10.1. The van der Waals surface area contributed by atoms with Crippen LogP contribution in [0.25, 0.3) is 0 Å². The van der Waals surface area contributed by atoms with Crippen LogP contribution >= 0.6 is 0 Å². The quantitative estimate of drug-likeness (QED) is 0.845. The SMILES string of the molecule is Cc1cccc(NC(CO)c2cccnc2)c1. The number of nitrogens with zero attached hydrogens (tertiary/aromatic N) is 1. The van der Waals surface area contributed by atoms with Crippen LogP contribution < -0.4 is 5.32 Å². The molecule has 3 nitrogen and oxygen atoms in total. The monoisotopic (exact) mass is 228 g/mol. The number of hydrogen-bond donors (Lipinski definition) is 2. The summed E-state index contributed by atoms with van der Waals surface area (Å²) < 4.78 is 0. The van der Waals surface area contributed by atoms with Crippen molar-refractivity contribution in [1.29, 1.82) is 0 Å². The number of aliphatic hydroxyl groups excluding tert-OH is 1. The Labute approximate surface area is 101 Å². The molecule has 2 aromatic rings. The first-order chi connectivity index (χ1) is 8.29. The van der Waals surface area contributed by atoms with Gasteiger partial charge in [0, 0.05) is 18.1 Å². The molecule has 0 fully saturated rings. The van der Waals surface area contributed by atoms with E-state index in [1.165, 1.54) is 5.56 Å². The summed E-state index contributed by atoms with van der Waals surface area (Å²) in [6, 6.07) is 11.8. The van der Waals surface area contributed by atoms with Gasteiger partial charge in [-0.3, -0.25) is 4.98 Å². The highest BCUT2D eigenvalue weighted by atomic mass is 16.3. The van der Waals surface area contributed by atoms with Crippen molar-refractivity contribution in [3.63, 3.8) is 0 Å². The molecule has 0 aliphatic heterocycles. The largest absolute Gasteiger partial charge is 0.394 e. The number of benzene rings is 1. The van der Waals surface area contributed by atoms with Crippen LogP contribution in [0.4, 0.5) is 5.69 Å². The zero-order valence-corrected chi connectivity index (χ0v) is 9.80. The van der Waals surface area contributed by atoms with Crippen molar-refractivity contribution in [3.05, 3.63) is 59.9 Å². The zero-order valence-electron chi connectivity index (χ0n) is 9.80. The van der Waals surface area contributed by atoms with Gasteiger partial charge >= 0.3 is 0 Å². The lowest BCUT2D eigenvalue weighted by Gasteiger charge is -2.17. The first kappa shape index (κ1) is 11.6. The number of pyridine rings is 1. The Bertz CT molecular complexity index is 471. The van der Waals surface area contributed by atoms with Gasteiger partial charge < -0.3 is 10.4 Å². The van der Waals surface area contributed by atoms with Gasteiger partial charge in [0.25, 0.3) is 0 Å². The lowest BCUT2D eigenvalue weighted by Crippen LogP contribution is -2.14. The normalized spacial score (nSPS) is 12.1. The molecule has 0 saturated heterocycles. The van der Waals surface area contributed by atoms with Gasteiger partial charge in [-0.15, -0.1) is 0 Å². The van der Waals surface area contributed by atoms with Crippen LogP contribution in [-0.4, -0.2) is 16.7 Å². The van der Waals surface area contributed by atoms with Crippen molar-refractivity contribution in [3.8, 4) is 0 Å². The predicted molar refractivity (Wildman–Crippen MR) is 68.9 cm³/mol. The van der Waals surface area contributed by atoms with E-state index in [2.05, 4.69) is 16.4 Å². The van der Waals surface area contributed by atoms with Gasteiger partial charge in [0.15, 0.2) is 0 Å². The fourth-order valence-electron chi connectivity index (χ4n) is 1.75. The molecule has 0 saturated carbocycles. The van der Waals surface area contributed by atoms with Crippen LogP contribution in [0.5, 0.6) is 0 Å². The molecule has 0 radical (unpaired) electrons. The minimum absolute atomic E-state index is 0.0413. The highest BCUT2D eigenvalue weighted by Crippen LogP contribution is 2.19. The molecular formula is C14H16N2O. The van der Waals surface area contributed by atoms with Crippen LogP contribution in [0.3, 0.4) is 0 Å². The molecule has 3 heteroatoms. The maximum Gasteiger partial charge on any atom is 0.0759 e. The molecular weight excluding hydrogens is 212 g/mol. The molecule has 0 aliphatic rings. The Morgan fingerprint density at radius 1 is 1.29 bits per heavy atom. The molecule has 2 N–H and O–H groups in total. The van der Waals surface area contributed by atoms with E-state index in [1.54, 1.807) is 12.4 Å². The summed E-state index contributed by atoms with van der Waals surface area (Å²) in [6.07, 6.45) is 3.49. The Morgan fingerprint density at radius 3 is 2.82 bits per heavy atom. The summed E-state index contributed by atoms with van der Waals surface area (Å²) in [5.74, 6) is 0. The van der Waals surface area contributed by atoms with E-state index in [0.717, 1.165) is 11.3 Å². The van der Waals surface area contributed by atoms with Crippen molar-refractivity contribution in [1.82, 2.24) is 4.98 Å². The van der Waals surface area contributed by atoms with Gasteiger partial charge in [0.05, 0.1) is 12.6 Å². The minimum Gasteiger partial charge on any atom is -0.394 e. The molecule has 1 aromatic heterocycles. The standard InChI is InChI=1S/C14H16N2O/c1-11-4-2-6-13(8-11)16-14(10-17)12-5-3-7-15-9-12/h2-9,14,16-17H,10H2,1H3. The maximum absolute atomic E-state index is 9.42. The summed E-state index contributed by atoms with van der Waals surface area (Å²) in [6.45, 7) is 2.09. The van der Waals surface area contributed by atoms with E-state index >= 15 is 0 Å². The Hall–Kier alpha value is -1.87. The van der Waals surface area contributed by atoms with Gasteiger partial charge in [0.2, 0.25) is 0 Å². The van der Waals surface area contributed by atoms with Gasteiger partial charge in [0.1, 0.15) is 0 Å². The number of aryl methyl sites for hydroxylation is 1. The summed E-state index contributed by atoms with van der Waals surface area (Å²) in [5, 5.41) is 12.7. The van der Waals surface area contributed by atoms with E-state index in [1.807, 2.05) is 37.3 Å². The molecule has 88 valence electrons. The number of rotatable bonds is 4. The van der Waals surface area contributed by atoms with Gasteiger partial charge in [-0.2, -0.15) is 0 Å². The third-order valence-electron chi connectivity index (χ3n) is 2.63. The van der Waals surface area contributed by atoms with E-state index in [4.69, 9.17) is 0 Å². The third-order valence-corrected chi connectivity index (χ3v) is 2.63. The molecule has 0 aliphatic carbocycles. The number of aromatic nitrogens is 1. The van der Waals surface area contributed by atoms with Crippen molar-refractivity contribution < 1.29 is 5.11 Å². The minimum atomic E-state index is -0.120. The van der Waals surface area contributed by atoms with Crippen LogP contribution in [0.1, 0.15) is 17.2 Å². The Balaban J connectivity index is 2.16. The first-order valence-electron chi connectivity index (χ1n) is 5.63. The van der Waals surface area contributed by atoms with E-state index in [-0.39, 0.29) is 12.6 Å². The average Bonchev–Trinajstić information content (AvgIpc) is 2.37. The molecule has 1 unspecified atom stereocenters. The van der Waals surface area contributed by atoms with Crippen molar-refractivity contribution >= 4 is 5.69 Å². The molecule has 1 atom stereocenters. The highest BCUT2D eigenvalue weighted by molar-refractivity contribution is 5.47. The van der Waals surface area contributed by atoms with Gasteiger partial charge in [-0.1, -0.05) is 18.2 Å². The second kappa shape index (κ2) is 5.46. The molecule has 0 bridgehead atoms. The molecule has 0 spiro atoms. The average molecular weight is 228 g/mol. The van der Waals surface area contributed by atoms with Crippen molar-refractivity contribution in [2.24, 2.45) is 0 Å². The number of hydrogen-bond acceptors (Lipinski definition) is 3. The van der Waals surface area contributed by atoms with Crippen molar-refractivity contribution in [2.45, 2.75) is 13.0 Å². The predicted octanol–water partition coefficient (Wildman–Crippen LogP) is 2.54. The van der Waals surface area contributed by atoms with E-state index in [9.17, 15) is 5.11 Å². The fourth-order valence-corrected chi connectivity index (χ4v) is 1.75. The Morgan fingerprint density at radius 2 is 2.18 bits per heavy atom. The second-order valence-electron chi connectivity index (χ2n) is 4.04. The third kappa shape index (κ3) is 3.04. The molecule has 0 amide bonds. The van der Waals surface area contributed by atoms with Gasteiger partial charge in [-0.05, 0) is 36.2 Å². The topological polar surface area (TPSA) is 45.1 Å². The molecule has 17 heavy (non-hydrogen) atoms. The number of aliphatic hydroxyl groups is 1. The van der Waals surface area contributed by atoms with E-state index < -0.39 is 0 Å². The Kier molecular flexibility index (Phi) is 3.73. The maximum atomic E-state index is 9.42. The fraction of sp³-hybridized carbons (Fsp3) is 0.214.